The number of anilines is 1. The van der Waals surface area contributed by atoms with Gasteiger partial charge in [0, 0.05) is 24.0 Å². The minimum atomic E-state index is -4.99. The molecule has 0 bridgehead atoms. The van der Waals surface area contributed by atoms with E-state index in [1.54, 1.807) is 65.8 Å². The molecule has 2 N–H and O–H groups in total. The highest BCUT2D eigenvalue weighted by atomic mass is 32.2. The zero-order chi connectivity index (χ0) is 40.3. The highest BCUT2D eigenvalue weighted by molar-refractivity contribution is 7.90. The van der Waals surface area contributed by atoms with Crippen molar-refractivity contribution in [3.63, 3.8) is 0 Å². The van der Waals surface area contributed by atoms with Gasteiger partial charge in [-0.15, -0.1) is 4.72 Å². The van der Waals surface area contributed by atoms with Crippen molar-refractivity contribution < 1.29 is 36.4 Å². The van der Waals surface area contributed by atoms with Crippen molar-refractivity contribution in [2.24, 2.45) is 5.92 Å². The highest BCUT2D eigenvalue weighted by Crippen LogP contribution is 2.44. The molecule has 15 heteroatoms. The predicted octanol–water partition coefficient (Wildman–Crippen LogP) is 8.67. The van der Waals surface area contributed by atoms with E-state index in [1.165, 1.54) is 42.5 Å². The number of nitrogens with zero attached hydrogens (tertiary/aromatic N) is 4. The van der Waals surface area contributed by atoms with Gasteiger partial charge >= 0.3 is 12.3 Å². The smallest absolute Gasteiger partial charge is 0.435 e. The molecule has 0 unspecified atom stereocenters. The standard InChI is InChI=1S/C40H44F4N6O4S/c1-37(2,3)54-36(52)46-25-28-12-10-14-30(22-28)50-33(23-34(47-50)40(42,43)44)35(51)49(32-16-8-7-15-31(32)41)39(20-19-26-17-18-26,48-55(53)38(4,5)6)29-13-9-11-27(21-29)24-45/h7-16,21-23,26,48H,17-20,25H2,1-6H3,(H,46,52)/t39-,55-/m1/s1. The number of alkyl carbamates (subject to hydrolysis) is 1. The summed E-state index contributed by atoms with van der Waals surface area (Å²) in [4.78, 5) is 28.8. The Morgan fingerprint density at radius 1 is 1.00 bits per heavy atom. The van der Waals surface area contributed by atoms with Crippen LogP contribution in [0.25, 0.3) is 5.69 Å². The normalized spacial score (nSPS) is 15.1. The van der Waals surface area contributed by atoms with Gasteiger partial charge in [-0.1, -0.05) is 49.2 Å². The van der Waals surface area contributed by atoms with Gasteiger partial charge in [-0.25, -0.2) is 13.9 Å². The number of ether oxygens (including phenoxy) is 1. The van der Waals surface area contributed by atoms with Crippen LogP contribution in [0.5, 0.6) is 0 Å². The molecule has 2 atom stereocenters. The maximum absolute atomic E-state index is 16.2. The fraction of sp³-hybridized carbons (Fsp3) is 0.400. The van der Waals surface area contributed by atoms with Gasteiger partial charge in [-0.05, 0) is 108 Å². The Kier molecular flexibility index (Phi) is 12.0. The Morgan fingerprint density at radius 2 is 1.69 bits per heavy atom. The number of hydrogen-bond donors (Lipinski definition) is 2. The molecule has 1 saturated carbocycles. The van der Waals surface area contributed by atoms with E-state index in [-0.39, 0.29) is 41.4 Å². The summed E-state index contributed by atoms with van der Waals surface area (Å²) in [6, 6.07) is 20.3. The molecule has 10 nitrogen and oxygen atoms in total. The van der Waals surface area contributed by atoms with Crippen molar-refractivity contribution in [1.82, 2.24) is 19.8 Å². The summed E-state index contributed by atoms with van der Waals surface area (Å²) in [7, 11) is 0. The quantitative estimate of drug-likeness (QED) is 0.0835. The topological polar surface area (TPSA) is 135 Å². The molecule has 2 amide bonds. The lowest BCUT2D eigenvalue weighted by Gasteiger charge is -2.45. The zero-order valence-electron chi connectivity index (χ0n) is 31.5. The number of nitriles is 1. The first-order chi connectivity index (χ1) is 25.7. The van der Waals surface area contributed by atoms with E-state index in [4.69, 9.17) is 4.74 Å². The average molecular weight is 781 g/mol. The van der Waals surface area contributed by atoms with Crippen LogP contribution in [0.15, 0.2) is 78.9 Å². The van der Waals surface area contributed by atoms with E-state index in [1.807, 2.05) is 0 Å². The molecule has 5 rings (SSSR count). The Morgan fingerprint density at radius 3 is 2.31 bits per heavy atom. The van der Waals surface area contributed by atoms with Gasteiger partial charge in [-0.3, -0.25) is 9.69 Å². The lowest BCUT2D eigenvalue weighted by molar-refractivity contribution is -0.141. The van der Waals surface area contributed by atoms with Crippen molar-refractivity contribution in [2.75, 3.05) is 4.90 Å². The van der Waals surface area contributed by atoms with E-state index in [0.717, 1.165) is 28.5 Å². The number of benzene rings is 3. The molecule has 0 spiro atoms. The summed E-state index contributed by atoms with van der Waals surface area (Å²) in [6.45, 7) is 10.1. The SMILES string of the molecule is CC(C)(C)OC(=O)NCc1cccc(-n2nc(C(F)(F)F)cc2C(=O)N(c2ccccc2F)[C@@](CCC2CC2)(N[S@+]([O-])C(C)(C)C)c2cccc(C#N)c2)c1. The van der Waals surface area contributed by atoms with Crippen LogP contribution in [0.3, 0.4) is 0 Å². The predicted molar refractivity (Wildman–Crippen MR) is 201 cm³/mol. The minimum Gasteiger partial charge on any atom is -0.598 e. The fourth-order valence-corrected chi connectivity index (χ4v) is 6.83. The van der Waals surface area contributed by atoms with Crippen LogP contribution in [0.1, 0.15) is 100 Å². The van der Waals surface area contributed by atoms with Crippen molar-refractivity contribution in [3.8, 4) is 11.8 Å². The molecule has 0 aliphatic heterocycles. The molecule has 4 aromatic rings. The Balaban J connectivity index is 1.75. The lowest BCUT2D eigenvalue weighted by atomic mass is 9.89. The minimum absolute atomic E-state index is 0.0390. The van der Waals surface area contributed by atoms with Crippen LogP contribution in [-0.2, 0) is 34.5 Å². The first-order valence-electron chi connectivity index (χ1n) is 17.7. The Hall–Kier alpha value is -4.91. The first-order valence-corrected chi connectivity index (χ1v) is 18.9. The summed E-state index contributed by atoms with van der Waals surface area (Å²) in [6.07, 6.45) is -3.38. The Bertz CT molecular complexity index is 2070. The van der Waals surface area contributed by atoms with Crippen molar-refractivity contribution in [1.29, 1.82) is 5.26 Å². The number of aromatic nitrogens is 2. The summed E-state index contributed by atoms with van der Waals surface area (Å²) in [5.74, 6) is -1.73. The van der Waals surface area contributed by atoms with Crippen LogP contribution in [0.4, 0.5) is 28.0 Å². The number of para-hydroxylation sites is 1. The number of rotatable bonds is 12. The molecule has 1 heterocycles. The van der Waals surface area contributed by atoms with Crippen LogP contribution in [0.2, 0.25) is 0 Å². The van der Waals surface area contributed by atoms with E-state index >= 15 is 9.18 Å². The van der Waals surface area contributed by atoms with Gasteiger partial charge in [0.2, 0.25) is 0 Å². The zero-order valence-corrected chi connectivity index (χ0v) is 32.3. The molecule has 55 heavy (non-hydrogen) atoms. The maximum Gasteiger partial charge on any atom is 0.435 e. The number of amides is 2. The van der Waals surface area contributed by atoms with Crippen LogP contribution in [0, 0.1) is 23.1 Å². The summed E-state index contributed by atoms with van der Waals surface area (Å²) in [5.41, 5.74) is -3.95. The molecule has 1 aliphatic carbocycles. The third-order valence-electron chi connectivity index (χ3n) is 8.79. The molecule has 3 aromatic carbocycles. The van der Waals surface area contributed by atoms with Gasteiger partial charge in [0.15, 0.2) is 11.4 Å². The fourth-order valence-electron chi connectivity index (χ4n) is 5.90. The molecular weight excluding hydrogens is 737 g/mol. The number of carbonyl (C=O) groups excluding carboxylic acids is 2. The third kappa shape index (κ3) is 10.0. The first kappa shape index (κ1) is 41.3. The molecular formula is C40H44F4N6O4S. The summed E-state index contributed by atoms with van der Waals surface area (Å²) < 4.78 is 82.2. The molecule has 0 radical (unpaired) electrons. The molecule has 292 valence electrons. The second-order valence-electron chi connectivity index (χ2n) is 15.5. The van der Waals surface area contributed by atoms with Crippen LogP contribution < -0.4 is 14.9 Å². The summed E-state index contributed by atoms with van der Waals surface area (Å²) >= 11 is -1.95. The molecule has 1 aromatic heterocycles. The van der Waals surface area contributed by atoms with Gasteiger partial charge in [0.25, 0.3) is 5.91 Å². The van der Waals surface area contributed by atoms with Gasteiger partial charge in [0.05, 0.1) is 23.0 Å². The lowest BCUT2D eigenvalue weighted by Crippen LogP contribution is -2.63. The van der Waals surface area contributed by atoms with Crippen molar-refractivity contribution in [2.45, 2.75) is 96.0 Å². The number of nitrogens with one attached hydrogen (secondary N) is 2. The van der Waals surface area contributed by atoms with E-state index < -0.39 is 62.8 Å². The highest BCUT2D eigenvalue weighted by Gasteiger charge is 2.51. The summed E-state index contributed by atoms with van der Waals surface area (Å²) in [5, 5.41) is 16.4. The maximum atomic E-state index is 16.2. The number of halogens is 4. The number of carbonyl (C=O) groups is 2. The van der Waals surface area contributed by atoms with Gasteiger partial charge < -0.3 is 14.6 Å². The number of hydrogen-bond acceptors (Lipinski definition) is 7. The van der Waals surface area contributed by atoms with Crippen molar-refractivity contribution >= 4 is 29.0 Å². The van der Waals surface area contributed by atoms with Crippen LogP contribution >= 0.6 is 0 Å². The Labute approximate surface area is 321 Å². The second-order valence-corrected chi connectivity index (χ2v) is 17.4. The molecule has 0 saturated heterocycles. The third-order valence-corrected chi connectivity index (χ3v) is 10.4. The number of alkyl halides is 3. The molecule has 1 fully saturated rings. The van der Waals surface area contributed by atoms with Gasteiger partial charge in [-0.2, -0.15) is 23.5 Å². The average Bonchev–Trinajstić information content (AvgIpc) is 3.83. The van der Waals surface area contributed by atoms with E-state index in [9.17, 15) is 27.8 Å². The van der Waals surface area contributed by atoms with E-state index in [0.29, 0.717) is 18.1 Å². The van der Waals surface area contributed by atoms with E-state index in [2.05, 4.69) is 21.2 Å². The van der Waals surface area contributed by atoms with Crippen molar-refractivity contribution in [3.05, 3.63) is 113 Å². The molecule has 1 aliphatic rings. The largest absolute Gasteiger partial charge is 0.598 e. The monoisotopic (exact) mass is 780 g/mol. The van der Waals surface area contributed by atoms with Gasteiger partial charge in [0.1, 0.15) is 21.9 Å². The van der Waals surface area contributed by atoms with Crippen LogP contribution in [-0.4, -0.2) is 36.7 Å². The second kappa shape index (κ2) is 16.1.